The van der Waals surface area contributed by atoms with Gasteiger partial charge in [-0.3, -0.25) is 0 Å². The molecule has 0 spiro atoms. The molecule has 3 aromatic carbocycles. The molecule has 0 saturated carbocycles. The third-order valence-corrected chi connectivity index (χ3v) is 6.40. The van der Waals surface area contributed by atoms with Gasteiger partial charge in [-0.2, -0.15) is 0 Å². The Morgan fingerprint density at radius 2 is 1.72 bits per heavy atom. The Hall–Kier alpha value is -2.79. The van der Waals surface area contributed by atoms with Crippen molar-refractivity contribution in [3.05, 3.63) is 83.2 Å². The summed E-state index contributed by atoms with van der Waals surface area (Å²) in [7, 11) is 2.00. The Morgan fingerprint density at radius 3 is 2.59 bits per heavy atom. The predicted octanol–water partition coefficient (Wildman–Crippen LogP) is 6.02. The molecule has 0 bridgehead atoms. The number of hydrogen-bond donors (Lipinski definition) is 0. The summed E-state index contributed by atoms with van der Waals surface area (Å²) >= 11 is 1.70. The van der Waals surface area contributed by atoms with Gasteiger partial charge in [0.2, 0.25) is 0 Å². The molecule has 0 aliphatic heterocycles. The standard InChI is InChI=1S/C24H25N3OS/c1-16-9-7-14-22(17(16)2)28-18(3)23-25-26-24(27(23)4)29-15-20-12-8-11-19-10-5-6-13-21(19)20/h5-14,18H,15H2,1-4H3. The largest absolute Gasteiger partial charge is 0.482 e. The molecule has 0 aliphatic rings. The Kier molecular flexibility index (Phi) is 5.58. The summed E-state index contributed by atoms with van der Waals surface area (Å²) in [6, 6.07) is 21.0. The maximum Gasteiger partial charge on any atom is 0.191 e. The van der Waals surface area contributed by atoms with Crippen LogP contribution in [0.3, 0.4) is 0 Å². The van der Waals surface area contributed by atoms with Gasteiger partial charge in [0, 0.05) is 12.8 Å². The van der Waals surface area contributed by atoms with E-state index < -0.39 is 0 Å². The van der Waals surface area contributed by atoms with Gasteiger partial charge in [-0.05, 0) is 54.3 Å². The number of rotatable bonds is 6. The van der Waals surface area contributed by atoms with Gasteiger partial charge in [0.25, 0.3) is 0 Å². The van der Waals surface area contributed by atoms with E-state index in [1.807, 2.05) is 30.7 Å². The number of aryl methyl sites for hydroxylation is 1. The molecule has 1 atom stereocenters. The fourth-order valence-electron chi connectivity index (χ4n) is 3.46. The van der Waals surface area contributed by atoms with Crippen molar-refractivity contribution in [2.24, 2.45) is 7.05 Å². The first-order chi connectivity index (χ1) is 14.0. The molecule has 29 heavy (non-hydrogen) atoms. The lowest BCUT2D eigenvalue weighted by atomic mass is 10.1. The van der Waals surface area contributed by atoms with Gasteiger partial charge >= 0.3 is 0 Å². The molecule has 0 N–H and O–H groups in total. The first-order valence-electron chi connectivity index (χ1n) is 9.76. The third kappa shape index (κ3) is 4.01. The van der Waals surface area contributed by atoms with Gasteiger partial charge in [-0.25, -0.2) is 0 Å². The van der Waals surface area contributed by atoms with Crippen molar-refractivity contribution in [1.29, 1.82) is 0 Å². The minimum atomic E-state index is -0.181. The number of aromatic nitrogens is 3. The number of benzene rings is 3. The van der Waals surface area contributed by atoms with Gasteiger partial charge in [-0.15, -0.1) is 10.2 Å². The van der Waals surface area contributed by atoms with Crippen LogP contribution in [0.15, 0.2) is 65.8 Å². The highest BCUT2D eigenvalue weighted by atomic mass is 32.2. The molecule has 0 aliphatic carbocycles. The summed E-state index contributed by atoms with van der Waals surface area (Å²) in [6.45, 7) is 6.20. The van der Waals surface area contributed by atoms with Crippen molar-refractivity contribution in [3.8, 4) is 5.75 Å². The first kappa shape index (κ1) is 19.5. The van der Waals surface area contributed by atoms with E-state index in [0.717, 1.165) is 28.0 Å². The van der Waals surface area contributed by atoms with Crippen LogP contribution in [0, 0.1) is 13.8 Å². The second kappa shape index (κ2) is 8.29. The van der Waals surface area contributed by atoms with Crippen molar-refractivity contribution >= 4 is 22.5 Å². The molecule has 1 unspecified atom stereocenters. The van der Waals surface area contributed by atoms with Gasteiger partial charge in [0.1, 0.15) is 5.75 Å². The maximum absolute atomic E-state index is 6.19. The maximum atomic E-state index is 6.19. The van der Waals surface area contributed by atoms with Gasteiger partial charge in [0.15, 0.2) is 17.1 Å². The minimum Gasteiger partial charge on any atom is -0.482 e. The van der Waals surface area contributed by atoms with E-state index in [0.29, 0.717) is 0 Å². The topological polar surface area (TPSA) is 39.9 Å². The zero-order valence-corrected chi connectivity index (χ0v) is 18.0. The lowest BCUT2D eigenvalue weighted by molar-refractivity contribution is 0.210. The molecule has 0 saturated heterocycles. The molecular formula is C24H25N3OS. The fraction of sp³-hybridized carbons (Fsp3) is 0.250. The van der Waals surface area contributed by atoms with Crippen LogP contribution in [0.25, 0.3) is 10.8 Å². The van der Waals surface area contributed by atoms with Crippen LogP contribution in [0.1, 0.15) is 35.5 Å². The van der Waals surface area contributed by atoms with E-state index in [2.05, 4.69) is 72.6 Å². The second-order valence-corrected chi connectivity index (χ2v) is 8.23. The smallest absolute Gasteiger partial charge is 0.191 e. The molecule has 5 heteroatoms. The normalized spacial score (nSPS) is 12.3. The van der Waals surface area contributed by atoms with Crippen molar-refractivity contribution in [3.63, 3.8) is 0 Å². The average molecular weight is 404 g/mol. The molecule has 0 amide bonds. The van der Waals surface area contributed by atoms with Crippen molar-refractivity contribution in [1.82, 2.24) is 14.8 Å². The van der Waals surface area contributed by atoms with Crippen LogP contribution in [-0.4, -0.2) is 14.8 Å². The van der Waals surface area contributed by atoms with E-state index in [1.54, 1.807) is 11.8 Å². The number of hydrogen-bond acceptors (Lipinski definition) is 4. The number of thioether (sulfide) groups is 1. The van der Waals surface area contributed by atoms with Crippen molar-refractivity contribution < 1.29 is 4.74 Å². The molecule has 148 valence electrons. The SMILES string of the molecule is Cc1cccc(OC(C)c2nnc(SCc3cccc4ccccc34)n2C)c1C. The molecule has 0 radical (unpaired) electrons. The second-order valence-electron chi connectivity index (χ2n) is 7.28. The molecule has 4 aromatic rings. The Balaban J connectivity index is 1.50. The van der Waals surface area contributed by atoms with Crippen LogP contribution < -0.4 is 4.74 Å². The number of fused-ring (bicyclic) bond motifs is 1. The van der Waals surface area contributed by atoms with Gasteiger partial charge in [0.05, 0.1) is 0 Å². The molecule has 4 rings (SSSR count). The van der Waals surface area contributed by atoms with E-state index >= 15 is 0 Å². The van der Waals surface area contributed by atoms with Crippen LogP contribution in [0.5, 0.6) is 5.75 Å². The highest BCUT2D eigenvalue weighted by molar-refractivity contribution is 7.98. The van der Waals surface area contributed by atoms with Crippen molar-refractivity contribution in [2.75, 3.05) is 0 Å². The van der Waals surface area contributed by atoms with Crippen LogP contribution in [0.4, 0.5) is 0 Å². The van der Waals surface area contributed by atoms with Crippen LogP contribution >= 0.6 is 11.8 Å². The highest BCUT2D eigenvalue weighted by Crippen LogP contribution is 2.29. The van der Waals surface area contributed by atoms with E-state index in [9.17, 15) is 0 Å². The predicted molar refractivity (Wildman–Crippen MR) is 119 cm³/mol. The lowest BCUT2D eigenvalue weighted by Crippen LogP contribution is -2.10. The molecule has 4 nitrogen and oxygen atoms in total. The quantitative estimate of drug-likeness (QED) is 0.369. The Morgan fingerprint density at radius 1 is 0.966 bits per heavy atom. The zero-order valence-electron chi connectivity index (χ0n) is 17.2. The summed E-state index contributed by atoms with van der Waals surface area (Å²) < 4.78 is 8.23. The minimum absolute atomic E-state index is 0.181. The van der Waals surface area contributed by atoms with E-state index in [1.165, 1.54) is 21.9 Å². The molecule has 0 fully saturated rings. The fourth-order valence-corrected chi connectivity index (χ4v) is 4.38. The van der Waals surface area contributed by atoms with Gasteiger partial charge < -0.3 is 9.30 Å². The zero-order chi connectivity index (χ0) is 20.4. The molecule has 1 aromatic heterocycles. The third-order valence-electron chi connectivity index (χ3n) is 5.33. The summed E-state index contributed by atoms with van der Waals surface area (Å²) in [5.41, 5.74) is 3.68. The van der Waals surface area contributed by atoms with Crippen LogP contribution in [-0.2, 0) is 12.8 Å². The summed E-state index contributed by atoms with van der Waals surface area (Å²) in [5, 5.41) is 12.3. The molecular weight excluding hydrogens is 378 g/mol. The first-order valence-corrected chi connectivity index (χ1v) is 10.7. The highest BCUT2D eigenvalue weighted by Gasteiger charge is 2.18. The van der Waals surface area contributed by atoms with Gasteiger partial charge in [-0.1, -0.05) is 66.4 Å². The summed E-state index contributed by atoms with van der Waals surface area (Å²) in [6.07, 6.45) is -0.181. The van der Waals surface area contributed by atoms with E-state index in [4.69, 9.17) is 4.74 Å². The van der Waals surface area contributed by atoms with Crippen LogP contribution in [0.2, 0.25) is 0 Å². The lowest BCUT2D eigenvalue weighted by Gasteiger charge is -2.17. The number of ether oxygens (including phenoxy) is 1. The van der Waals surface area contributed by atoms with E-state index in [-0.39, 0.29) is 6.10 Å². The average Bonchev–Trinajstić information content (AvgIpc) is 3.10. The van der Waals surface area contributed by atoms with Crippen molar-refractivity contribution in [2.45, 2.75) is 37.8 Å². The summed E-state index contributed by atoms with van der Waals surface area (Å²) in [4.78, 5) is 0. The summed E-state index contributed by atoms with van der Waals surface area (Å²) in [5.74, 6) is 2.57. The molecule has 1 heterocycles. The Bertz CT molecular complexity index is 1150. The number of nitrogens with zero attached hydrogens (tertiary/aromatic N) is 3. The Labute approximate surface area is 175 Å². The monoisotopic (exact) mass is 403 g/mol.